The van der Waals surface area contributed by atoms with Crippen LogP contribution in [0.3, 0.4) is 0 Å². The van der Waals surface area contributed by atoms with Gasteiger partial charge in [-0.05, 0) is 62.3 Å². The van der Waals surface area contributed by atoms with Gasteiger partial charge in [0.25, 0.3) is 11.9 Å². The Labute approximate surface area is 209 Å². The first kappa shape index (κ1) is 27.5. The van der Waals surface area contributed by atoms with Crippen LogP contribution in [0.25, 0.3) is 0 Å². The first-order valence-electron chi connectivity index (χ1n) is 11.0. The third-order valence-corrected chi connectivity index (χ3v) is 3.83. The van der Waals surface area contributed by atoms with E-state index in [-0.39, 0.29) is 24.1 Å². The van der Waals surface area contributed by atoms with Gasteiger partial charge in [0.2, 0.25) is 0 Å². The number of carbonyl (C=O) groups excluding carboxylic acids is 2. The molecule has 36 heavy (non-hydrogen) atoms. The van der Waals surface area contributed by atoms with Crippen molar-refractivity contribution in [3.8, 4) is 0 Å². The minimum absolute atomic E-state index is 0.233. The summed E-state index contributed by atoms with van der Waals surface area (Å²) in [5.41, 5.74) is 12.7. The van der Waals surface area contributed by atoms with Crippen LogP contribution in [0.4, 0.5) is 11.4 Å². The van der Waals surface area contributed by atoms with Crippen molar-refractivity contribution in [2.24, 2.45) is 21.8 Å². The number of anilines is 2. The van der Waals surface area contributed by atoms with Crippen molar-refractivity contribution in [1.29, 1.82) is 0 Å². The molecule has 0 aliphatic heterocycles. The molecular formula is C24H30N6O6. The Bertz CT molecular complexity index is 988. The number of hydrogen-bond acceptors (Lipinski definition) is 8. The maximum atomic E-state index is 12.4. The minimum atomic E-state index is -0.936. The SMILES string of the molecule is CC(C)ON=C(N)N(OC(=O)/C=C\C(=O)ON(C(N)=NOC(C)C)c1ccccc1)c1ccccc1. The largest absolute Gasteiger partial charge is 0.390 e. The van der Waals surface area contributed by atoms with E-state index < -0.39 is 11.9 Å². The third kappa shape index (κ3) is 9.25. The number of hydroxylamine groups is 2. The summed E-state index contributed by atoms with van der Waals surface area (Å²) in [6, 6.07) is 17.0. The summed E-state index contributed by atoms with van der Waals surface area (Å²) in [6.45, 7) is 7.04. The Morgan fingerprint density at radius 1 is 0.694 bits per heavy atom. The van der Waals surface area contributed by atoms with E-state index in [2.05, 4.69) is 10.3 Å². The van der Waals surface area contributed by atoms with E-state index in [1.807, 2.05) is 0 Å². The van der Waals surface area contributed by atoms with Gasteiger partial charge in [0, 0.05) is 12.2 Å². The normalized spacial score (nSPS) is 11.9. The van der Waals surface area contributed by atoms with Crippen molar-refractivity contribution in [1.82, 2.24) is 0 Å². The van der Waals surface area contributed by atoms with Gasteiger partial charge in [-0.15, -0.1) is 10.1 Å². The number of rotatable bonds is 8. The van der Waals surface area contributed by atoms with Crippen LogP contribution in [0.2, 0.25) is 0 Å². The topological polar surface area (TPSA) is 154 Å². The summed E-state index contributed by atoms with van der Waals surface area (Å²) in [7, 11) is 0. The lowest BCUT2D eigenvalue weighted by atomic mass is 10.3. The molecule has 0 saturated heterocycles. The Morgan fingerprint density at radius 2 is 1.03 bits per heavy atom. The molecule has 0 heterocycles. The van der Waals surface area contributed by atoms with Crippen LogP contribution in [0.15, 0.2) is 83.1 Å². The van der Waals surface area contributed by atoms with Gasteiger partial charge in [-0.1, -0.05) is 36.4 Å². The summed E-state index contributed by atoms with van der Waals surface area (Å²) in [6.07, 6.45) is 1.22. The molecule has 0 radical (unpaired) electrons. The van der Waals surface area contributed by atoms with E-state index in [1.165, 1.54) is 0 Å². The number of para-hydroxylation sites is 2. The Balaban J connectivity index is 2.14. The Hall–Kier alpha value is -4.74. The molecule has 4 N–H and O–H groups in total. The standard InChI is InChI=1S/C24H30N6O6/c1-17(2)33-27-23(25)29(19-11-7-5-8-12-19)35-21(31)15-16-22(32)36-30(20-13-9-6-10-14-20)24(26)28-34-18(3)4/h5-18H,1-4H3,(H2,25,27)(H2,26,28)/b16-15-. The molecule has 0 unspecified atom stereocenters. The van der Waals surface area contributed by atoms with E-state index in [9.17, 15) is 9.59 Å². The number of benzene rings is 2. The molecule has 2 rings (SSSR count). The van der Waals surface area contributed by atoms with E-state index in [1.54, 1.807) is 88.4 Å². The van der Waals surface area contributed by atoms with Crippen LogP contribution in [-0.2, 0) is 28.9 Å². The summed E-state index contributed by atoms with van der Waals surface area (Å²) < 4.78 is 0. The van der Waals surface area contributed by atoms with Gasteiger partial charge >= 0.3 is 11.9 Å². The van der Waals surface area contributed by atoms with Gasteiger partial charge in [-0.3, -0.25) is 0 Å². The van der Waals surface area contributed by atoms with Crippen LogP contribution >= 0.6 is 0 Å². The van der Waals surface area contributed by atoms with Crippen molar-refractivity contribution in [3.63, 3.8) is 0 Å². The number of oxime groups is 2. The summed E-state index contributed by atoms with van der Waals surface area (Å²) >= 11 is 0. The number of nitrogens with zero attached hydrogens (tertiary/aromatic N) is 4. The molecule has 0 atom stereocenters. The molecule has 12 heteroatoms. The molecular weight excluding hydrogens is 468 g/mol. The summed E-state index contributed by atoms with van der Waals surface area (Å²) in [5.74, 6) is -2.34. The predicted molar refractivity (Wildman–Crippen MR) is 135 cm³/mol. The maximum absolute atomic E-state index is 12.4. The predicted octanol–water partition coefficient (Wildman–Crippen LogP) is 2.78. The lowest BCUT2D eigenvalue weighted by molar-refractivity contribution is -0.140. The highest BCUT2D eigenvalue weighted by Gasteiger charge is 2.19. The first-order valence-corrected chi connectivity index (χ1v) is 11.0. The van der Waals surface area contributed by atoms with Gasteiger partial charge in [-0.2, -0.15) is 0 Å². The highest BCUT2D eigenvalue weighted by molar-refractivity contribution is 5.99. The fourth-order valence-corrected chi connectivity index (χ4v) is 2.36. The van der Waals surface area contributed by atoms with Gasteiger partial charge in [0.15, 0.2) is 0 Å². The Morgan fingerprint density at radius 3 is 1.33 bits per heavy atom. The fourth-order valence-electron chi connectivity index (χ4n) is 2.36. The zero-order chi connectivity index (χ0) is 26.5. The molecule has 0 spiro atoms. The van der Waals surface area contributed by atoms with Crippen LogP contribution < -0.4 is 21.6 Å². The van der Waals surface area contributed by atoms with Crippen molar-refractivity contribution < 1.29 is 28.9 Å². The van der Waals surface area contributed by atoms with Crippen molar-refractivity contribution in [2.45, 2.75) is 39.9 Å². The average molecular weight is 499 g/mol. The van der Waals surface area contributed by atoms with Gasteiger partial charge in [0.05, 0.1) is 11.4 Å². The molecule has 192 valence electrons. The molecule has 12 nitrogen and oxygen atoms in total. The number of nitrogens with two attached hydrogens (primary N) is 2. The number of hydrogen-bond donors (Lipinski definition) is 2. The Kier molecular flexibility index (Phi) is 10.6. The summed E-state index contributed by atoms with van der Waals surface area (Å²) in [4.78, 5) is 45.7. The fraction of sp³-hybridized carbons (Fsp3) is 0.250. The molecule has 0 aliphatic rings. The zero-order valence-electron chi connectivity index (χ0n) is 20.5. The van der Waals surface area contributed by atoms with E-state index in [4.69, 9.17) is 30.8 Å². The van der Waals surface area contributed by atoms with Crippen LogP contribution in [0, 0.1) is 0 Å². The summed E-state index contributed by atoms with van der Waals surface area (Å²) in [5, 5.41) is 9.43. The highest BCUT2D eigenvalue weighted by Crippen LogP contribution is 2.15. The van der Waals surface area contributed by atoms with Crippen LogP contribution in [-0.4, -0.2) is 36.1 Å². The molecule has 0 aromatic heterocycles. The lowest BCUT2D eigenvalue weighted by Gasteiger charge is -2.21. The molecule has 0 aliphatic carbocycles. The van der Waals surface area contributed by atoms with Gasteiger partial charge < -0.3 is 30.8 Å². The maximum Gasteiger partial charge on any atom is 0.356 e. The van der Waals surface area contributed by atoms with Gasteiger partial charge in [0.1, 0.15) is 12.2 Å². The van der Waals surface area contributed by atoms with Crippen LogP contribution in [0.1, 0.15) is 27.7 Å². The first-order chi connectivity index (χ1) is 17.2. The van der Waals surface area contributed by atoms with E-state index in [0.29, 0.717) is 11.4 Å². The molecule has 2 aromatic rings. The lowest BCUT2D eigenvalue weighted by Crippen LogP contribution is -2.40. The van der Waals surface area contributed by atoms with Gasteiger partial charge in [-0.25, -0.2) is 9.59 Å². The molecule has 0 saturated carbocycles. The van der Waals surface area contributed by atoms with Crippen molar-refractivity contribution in [2.75, 3.05) is 10.1 Å². The second kappa shape index (κ2) is 13.8. The highest BCUT2D eigenvalue weighted by atomic mass is 16.7. The molecule has 0 fully saturated rings. The zero-order valence-corrected chi connectivity index (χ0v) is 20.5. The second-order valence-corrected chi connectivity index (χ2v) is 7.62. The van der Waals surface area contributed by atoms with E-state index in [0.717, 1.165) is 22.3 Å². The number of guanidine groups is 2. The number of carbonyl (C=O) groups is 2. The van der Waals surface area contributed by atoms with Crippen LogP contribution in [0.5, 0.6) is 0 Å². The second-order valence-electron chi connectivity index (χ2n) is 7.62. The average Bonchev–Trinajstić information content (AvgIpc) is 2.87. The van der Waals surface area contributed by atoms with Crippen molar-refractivity contribution >= 4 is 35.2 Å². The molecule has 0 bridgehead atoms. The molecule has 0 amide bonds. The molecule has 2 aromatic carbocycles. The third-order valence-electron chi connectivity index (χ3n) is 3.83. The smallest absolute Gasteiger partial charge is 0.356 e. The van der Waals surface area contributed by atoms with E-state index >= 15 is 0 Å². The minimum Gasteiger partial charge on any atom is -0.390 e. The van der Waals surface area contributed by atoms with Crippen molar-refractivity contribution in [3.05, 3.63) is 72.8 Å². The monoisotopic (exact) mass is 498 g/mol. The quantitative estimate of drug-likeness (QED) is 0.240.